The first-order valence-corrected chi connectivity index (χ1v) is 9.11. The van der Waals surface area contributed by atoms with Crippen LogP contribution in [0.1, 0.15) is 6.42 Å². The molecule has 112 valence electrons. The molecule has 2 heterocycles. The molecule has 1 spiro atoms. The van der Waals surface area contributed by atoms with Crippen LogP contribution in [0.2, 0.25) is 0 Å². The first kappa shape index (κ1) is 15.2. The molecule has 0 amide bonds. The predicted molar refractivity (Wildman–Crippen MR) is 70.7 cm³/mol. The van der Waals surface area contributed by atoms with Crippen LogP contribution in [0, 0.1) is 5.92 Å². The summed E-state index contributed by atoms with van der Waals surface area (Å²) in [4.78, 5) is 0. The zero-order chi connectivity index (χ0) is 14.5. The lowest BCUT2D eigenvalue weighted by Crippen LogP contribution is -2.69. The van der Waals surface area contributed by atoms with Crippen molar-refractivity contribution in [3.8, 4) is 0 Å². The molecule has 0 aliphatic carbocycles. The second-order valence-corrected chi connectivity index (χ2v) is 9.98. The Kier molecular flexibility index (Phi) is 3.72. The summed E-state index contributed by atoms with van der Waals surface area (Å²) in [5, 5.41) is 0. The second kappa shape index (κ2) is 4.66. The summed E-state index contributed by atoms with van der Waals surface area (Å²) in [6, 6.07) is 0. The maximum absolute atomic E-state index is 12.2. The highest BCUT2D eigenvalue weighted by Crippen LogP contribution is 2.45. The molecule has 1 atom stereocenters. The van der Waals surface area contributed by atoms with Gasteiger partial charge < -0.3 is 4.74 Å². The van der Waals surface area contributed by atoms with Crippen molar-refractivity contribution >= 4 is 20.0 Å². The zero-order valence-electron chi connectivity index (χ0n) is 11.4. The van der Waals surface area contributed by atoms with Gasteiger partial charge in [0.1, 0.15) is 4.75 Å². The molecule has 2 aliphatic heterocycles. The summed E-state index contributed by atoms with van der Waals surface area (Å²) in [5.41, 5.74) is 0. The van der Waals surface area contributed by atoms with Crippen molar-refractivity contribution in [3.63, 3.8) is 0 Å². The average Bonchev–Trinajstić information content (AvgIpc) is 2.48. The largest absolute Gasteiger partial charge is 0.384 e. The minimum Gasteiger partial charge on any atom is -0.384 e. The summed E-state index contributed by atoms with van der Waals surface area (Å²) >= 11 is 0. The quantitative estimate of drug-likeness (QED) is 0.660. The van der Waals surface area contributed by atoms with Gasteiger partial charge >= 0.3 is 0 Å². The average molecular weight is 312 g/mol. The number of hydrogen-bond acceptors (Lipinski definition) is 5. The SMILES string of the molecule is COC[C@H]1CCS(=O)(=O)C12CN(S(=O)(=O)N(C)C)C2. The van der Waals surface area contributed by atoms with Gasteiger partial charge in [0.05, 0.1) is 12.4 Å². The van der Waals surface area contributed by atoms with Crippen LogP contribution in [0.3, 0.4) is 0 Å². The lowest BCUT2D eigenvalue weighted by molar-refractivity contribution is 0.0846. The Morgan fingerprint density at radius 1 is 1.37 bits per heavy atom. The molecular weight excluding hydrogens is 292 g/mol. The van der Waals surface area contributed by atoms with E-state index in [1.165, 1.54) is 25.5 Å². The molecule has 9 heteroatoms. The molecule has 0 N–H and O–H groups in total. The van der Waals surface area contributed by atoms with Gasteiger partial charge in [0, 0.05) is 40.2 Å². The zero-order valence-corrected chi connectivity index (χ0v) is 13.0. The van der Waals surface area contributed by atoms with E-state index in [1.54, 1.807) is 0 Å². The number of methoxy groups -OCH3 is 1. The first-order valence-electron chi connectivity index (χ1n) is 6.06. The third-order valence-electron chi connectivity index (χ3n) is 4.14. The minimum absolute atomic E-state index is 0.0455. The van der Waals surface area contributed by atoms with Crippen molar-refractivity contribution in [1.29, 1.82) is 0 Å². The Bertz CT molecular complexity index is 548. The van der Waals surface area contributed by atoms with Gasteiger partial charge in [-0.1, -0.05) is 0 Å². The van der Waals surface area contributed by atoms with E-state index in [0.717, 1.165) is 4.31 Å². The molecule has 0 radical (unpaired) electrons. The van der Waals surface area contributed by atoms with E-state index in [0.29, 0.717) is 13.0 Å². The van der Waals surface area contributed by atoms with E-state index < -0.39 is 24.8 Å². The lowest BCUT2D eigenvalue weighted by Gasteiger charge is -2.49. The summed E-state index contributed by atoms with van der Waals surface area (Å²) < 4.78 is 54.8. The van der Waals surface area contributed by atoms with E-state index in [9.17, 15) is 16.8 Å². The fourth-order valence-corrected chi connectivity index (χ4v) is 6.67. The maximum atomic E-state index is 12.2. The second-order valence-electron chi connectivity index (χ2n) is 5.38. The number of hydrogen-bond donors (Lipinski definition) is 0. The minimum atomic E-state index is -3.53. The monoisotopic (exact) mass is 312 g/mol. The molecule has 7 nitrogen and oxygen atoms in total. The van der Waals surface area contributed by atoms with E-state index in [4.69, 9.17) is 4.74 Å². The van der Waals surface area contributed by atoms with Crippen molar-refractivity contribution in [2.75, 3.05) is 46.7 Å². The van der Waals surface area contributed by atoms with Gasteiger partial charge in [0.2, 0.25) is 0 Å². The number of nitrogens with zero attached hydrogens (tertiary/aromatic N) is 2. The molecule has 0 saturated carbocycles. The van der Waals surface area contributed by atoms with E-state index in [-0.39, 0.29) is 24.8 Å². The van der Waals surface area contributed by atoms with Gasteiger partial charge in [-0.2, -0.15) is 17.0 Å². The molecule has 2 saturated heterocycles. The van der Waals surface area contributed by atoms with Crippen molar-refractivity contribution in [1.82, 2.24) is 8.61 Å². The summed E-state index contributed by atoms with van der Waals surface area (Å²) in [5.74, 6) is 0.00719. The highest BCUT2D eigenvalue weighted by Gasteiger charge is 2.63. The predicted octanol–water partition coefficient (Wildman–Crippen LogP) is -1.07. The molecule has 0 unspecified atom stereocenters. The molecular formula is C10H20N2O5S2. The van der Waals surface area contributed by atoms with Crippen molar-refractivity contribution in [2.24, 2.45) is 5.92 Å². The van der Waals surface area contributed by atoms with Gasteiger partial charge in [-0.3, -0.25) is 0 Å². The molecule has 2 rings (SSSR count). The van der Waals surface area contributed by atoms with Gasteiger partial charge in [0.15, 0.2) is 9.84 Å². The standard InChI is InChI=1S/C10H20N2O5S2/c1-11(2)19(15,16)12-7-10(8-12)9(6-17-3)4-5-18(10,13)14/h9H,4-8H2,1-3H3/t9-/m1/s1. The number of rotatable bonds is 4. The Morgan fingerprint density at radius 2 is 1.95 bits per heavy atom. The van der Waals surface area contributed by atoms with E-state index >= 15 is 0 Å². The van der Waals surface area contributed by atoms with Crippen LogP contribution in [0.25, 0.3) is 0 Å². The lowest BCUT2D eigenvalue weighted by atomic mass is 9.85. The van der Waals surface area contributed by atoms with Crippen LogP contribution < -0.4 is 0 Å². The van der Waals surface area contributed by atoms with Gasteiger partial charge in [0.25, 0.3) is 10.2 Å². The van der Waals surface area contributed by atoms with E-state index in [2.05, 4.69) is 0 Å². The van der Waals surface area contributed by atoms with Crippen LogP contribution in [-0.4, -0.2) is 76.8 Å². The third kappa shape index (κ3) is 2.11. The number of ether oxygens (including phenoxy) is 1. The molecule has 2 fully saturated rings. The summed E-state index contributed by atoms with van der Waals surface area (Å²) in [7, 11) is -2.36. The Labute approximate surface area is 114 Å². The Hall–Kier alpha value is -0.220. The molecule has 0 aromatic carbocycles. The summed E-state index contributed by atoms with van der Waals surface area (Å²) in [6.07, 6.45) is 0.548. The molecule has 19 heavy (non-hydrogen) atoms. The van der Waals surface area contributed by atoms with E-state index in [1.807, 2.05) is 0 Å². The van der Waals surface area contributed by atoms with Crippen molar-refractivity contribution < 1.29 is 21.6 Å². The van der Waals surface area contributed by atoms with Crippen LogP contribution >= 0.6 is 0 Å². The molecule has 0 aromatic rings. The van der Waals surface area contributed by atoms with Crippen LogP contribution in [0.5, 0.6) is 0 Å². The fourth-order valence-electron chi connectivity index (χ4n) is 2.85. The maximum Gasteiger partial charge on any atom is 0.281 e. The fraction of sp³-hybridized carbons (Fsp3) is 1.00. The Balaban J connectivity index is 2.23. The summed E-state index contributed by atoms with van der Waals surface area (Å²) in [6.45, 7) is 0.447. The first-order chi connectivity index (χ1) is 8.67. The molecule has 0 bridgehead atoms. The van der Waals surface area contributed by atoms with Crippen LogP contribution in [-0.2, 0) is 24.8 Å². The van der Waals surface area contributed by atoms with Crippen LogP contribution in [0.15, 0.2) is 0 Å². The van der Waals surface area contributed by atoms with Crippen LogP contribution in [0.4, 0.5) is 0 Å². The molecule has 0 aromatic heterocycles. The topological polar surface area (TPSA) is 84.0 Å². The smallest absolute Gasteiger partial charge is 0.281 e. The highest BCUT2D eigenvalue weighted by molar-refractivity contribution is 7.93. The molecule has 2 aliphatic rings. The number of sulfone groups is 1. The normalized spacial score (nSPS) is 29.8. The Morgan fingerprint density at radius 3 is 2.42 bits per heavy atom. The van der Waals surface area contributed by atoms with Gasteiger partial charge in [-0.05, 0) is 6.42 Å². The van der Waals surface area contributed by atoms with Crippen molar-refractivity contribution in [2.45, 2.75) is 11.2 Å². The highest BCUT2D eigenvalue weighted by atomic mass is 32.2. The van der Waals surface area contributed by atoms with Gasteiger partial charge in [-0.15, -0.1) is 0 Å². The van der Waals surface area contributed by atoms with Gasteiger partial charge in [-0.25, -0.2) is 8.42 Å². The van der Waals surface area contributed by atoms with Crippen molar-refractivity contribution in [3.05, 3.63) is 0 Å². The third-order valence-corrected chi connectivity index (χ3v) is 8.58.